The van der Waals surface area contributed by atoms with Crippen LogP contribution in [0.15, 0.2) is 42.5 Å². The van der Waals surface area contributed by atoms with E-state index in [0.29, 0.717) is 6.54 Å². The van der Waals surface area contributed by atoms with Gasteiger partial charge in [0, 0.05) is 18.7 Å². The maximum atomic E-state index is 12.1. The molecule has 0 spiro atoms. The van der Waals surface area contributed by atoms with E-state index in [9.17, 15) is 14.9 Å². The minimum Gasteiger partial charge on any atom is -0.491 e. The van der Waals surface area contributed by atoms with E-state index in [1.165, 1.54) is 18.2 Å². The van der Waals surface area contributed by atoms with Gasteiger partial charge in [-0.05, 0) is 50.5 Å². The summed E-state index contributed by atoms with van der Waals surface area (Å²) >= 11 is 5.96. The number of nitrogens with zero attached hydrogens (tertiary/aromatic N) is 1. The summed E-state index contributed by atoms with van der Waals surface area (Å²) in [6, 6.07) is 11.7. The van der Waals surface area contributed by atoms with Gasteiger partial charge in [-0.25, -0.2) is 0 Å². The molecule has 0 aliphatic heterocycles. The van der Waals surface area contributed by atoms with Crippen LogP contribution in [-0.4, -0.2) is 23.5 Å². The number of hydrogen-bond acceptors (Lipinski definition) is 4. The van der Waals surface area contributed by atoms with Gasteiger partial charge in [-0.3, -0.25) is 14.9 Å². The Hall–Kier alpha value is -2.60. The van der Waals surface area contributed by atoms with Crippen LogP contribution in [0.1, 0.15) is 36.2 Å². The monoisotopic (exact) mass is 376 g/mol. The molecule has 7 heteroatoms. The number of halogens is 1. The molecule has 0 aromatic heterocycles. The van der Waals surface area contributed by atoms with Crippen molar-refractivity contribution < 1.29 is 14.5 Å². The Morgan fingerprint density at radius 3 is 2.69 bits per heavy atom. The summed E-state index contributed by atoms with van der Waals surface area (Å²) in [5, 5.41) is 13.5. The van der Waals surface area contributed by atoms with Crippen molar-refractivity contribution in [1.82, 2.24) is 5.32 Å². The second kappa shape index (κ2) is 9.20. The fourth-order valence-corrected chi connectivity index (χ4v) is 2.70. The van der Waals surface area contributed by atoms with Crippen molar-refractivity contribution in [2.45, 2.75) is 32.8 Å². The maximum Gasteiger partial charge on any atom is 0.270 e. The van der Waals surface area contributed by atoms with Gasteiger partial charge < -0.3 is 10.1 Å². The van der Waals surface area contributed by atoms with E-state index in [2.05, 4.69) is 5.32 Å². The van der Waals surface area contributed by atoms with Crippen molar-refractivity contribution in [3.8, 4) is 5.75 Å². The highest BCUT2D eigenvalue weighted by atomic mass is 35.5. The van der Waals surface area contributed by atoms with Crippen LogP contribution in [0.2, 0.25) is 5.02 Å². The van der Waals surface area contributed by atoms with Crippen LogP contribution in [-0.2, 0) is 6.42 Å². The number of nitro groups is 1. The zero-order valence-corrected chi connectivity index (χ0v) is 15.5. The van der Waals surface area contributed by atoms with Crippen molar-refractivity contribution in [3.63, 3.8) is 0 Å². The van der Waals surface area contributed by atoms with Gasteiger partial charge in [0.05, 0.1) is 21.6 Å². The van der Waals surface area contributed by atoms with E-state index in [-0.39, 0.29) is 28.3 Å². The lowest BCUT2D eigenvalue weighted by Gasteiger charge is -2.11. The molecule has 26 heavy (non-hydrogen) atoms. The number of ether oxygens (including phenoxy) is 1. The molecule has 2 rings (SSSR count). The molecule has 0 unspecified atom stereocenters. The number of carbonyl (C=O) groups is 1. The minimum atomic E-state index is -0.551. The second-order valence-corrected chi connectivity index (χ2v) is 6.50. The number of benzene rings is 2. The van der Waals surface area contributed by atoms with Crippen LogP contribution in [0.4, 0.5) is 5.69 Å². The number of nitrogens with one attached hydrogen (secondary N) is 1. The number of hydrogen-bond donors (Lipinski definition) is 1. The van der Waals surface area contributed by atoms with Crippen LogP contribution >= 0.6 is 11.6 Å². The topological polar surface area (TPSA) is 81.5 Å². The molecule has 0 aliphatic rings. The number of amides is 1. The average Bonchev–Trinajstić information content (AvgIpc) is 2.58. The van der Waals surface area contributed by atoms with E-state index in [1.54, 1.807) is 0 Å². The fourth-order valence-electron chi connectivity index (χ4n) is 2.44. The molecule has 0 saturated heterocycles. The van der Waals surface area contributed by atoms with E-state index < -0.39 is 4.92 Å². The summed E-state index contributed by atoms with van der Waals surface area (Å²) in [6.45, 7) is 4.43. The van der Waals surface area contributed by atoms with E-state index in [0.717, 1.165) is 24.2 Å². The molecule has 2 aromatic rings. The molecule has 1 amide bonds. The van der Waals surface area contributed by atoms with Gasteiger partial charge in [0.15, 0.2) is 0 Å². The Bertz CT molecular complexity index is 793. The predicted molar refractivity (Wildman–Crippen MR) is 101 cm³/mol. The maximum absolute atomic E-state index is 12.1. The van der Waals surface area contributed by atoms with Gasteiger partial charge in [0.25, 0.3) is 11.6 Å². The highest BCUT2D eigenvalue weighted by molar-refractivity contribution is 6.34. The molecule has 0 saturated carbocycles. The molecule has 0 aliphatic carbocycles. The molecule has 0 bridgehead atoms. The first-order chi connectivity index (χ1) is 12.4. The van der Waals surface area contributed by atoms with Crippen LogP contribution in [0.5, 0.6) is 5.75 Å². The SMILES string of the molecule is CC(C)Oc1cccc(CCCNC(=O)c2ccc([N+](=O)[O-])cc2Cl)c1. The molecule has 0 heterocycles. The summed E-state index contributed by atoms with van der Waals surface area (Å²) in [5.74, 6) is 0.487. The van der Waals surface area contributed by atoms with Crippen molar-refractivity contribution in [1.29, 1.82) is 0 Å². The van der Waals surface area contributed by atoms with Gasteiger partial charge in [-0.15, -0.1) is 0 Å². The largest absolute Gasteiger partial charge is 0.491 e. The second-order valence-electron chi connectivity index (χ2n) is 6.09. The first kappa shape index (κ1) is 19.7. The lowest BCUT2D eigenvalue weighted by Crippen LogP contribution is -2.25. The minimum absolute atomic E-state index is 0.0650. The van der Waals surface area contributed by atoms with Crippen molar-refractivity contribution in [2.75, 3.05) is 6.54 Å². The average molecular weight is 377 g/mol. The first-order valence-corrected chi connectivity index (χ1v) is 8.72. The van der Waals surface area contributed by atoms with E-state index in [4.69, 9.17) is 16.3 Å². The molecule has 6 nitrogen and oxygen atoms in total. The predicted octanol–water partition coefficient (Wildman–Crippen LogP) is 4.40. The smallest absolute Gasteiger partial charge is 0.270 e. The quantitative estimate of drug-likeness (QED) is 0.420. The van der Waals surface area contributed by atoms with Crippen molar-refractivity contribution >= 4 is 23.2 Å². The third kappa shape index (κ3) is 5.74. The Morgan fingerprint density at radius 1 is 1.27 bits per heavy atom. The van der Waals surface area contributed by atoms with Crippen LogP contribution in [0.25, 0.3) is 0 Å². The van der Waals surface area contributed by atoms with Gasteiger partial charge in [-0.2, -0.15) is 0 Å². The Balaban J connectivity index is 1.84. The van der Waals surface area contributed by atoms with Gasteiger partial charge in [-0.1, -0.05) is 23.7 Å². The lowest BCUT2D eigenvalue weighted by molar-refractivity contribution is -0.384. The number of carbonyl (C=O) groups excluding carboxylic acids is 1. The zero-order valence-electron chi connectivity index (χ0n) is 14.7. The van der Waals surface area contributed by atoms with Crippen LogP contribution in [0.3, 0.4) is 0 Å². The van der Waals surface area contributed by atoms with Crippen LogP contribution in [0, 0.1) is 10.1 Å². The number of nitro benzene ring substituents is 1. The third-order valence-electron chi connectivity index (χ3n) is 3.61. The summed E-state index contributed by atoms with van der Waals surface area (Å²) in [7, 11) is 0. The number of non-ortho nitro benzene ring substituents is 1. The Kier molecular flexibility index (Phi) is 6.97. The molecular formula is C19H21ClN2O4. The molecule has 0 fully saturated rings. The molecule has 138 valence electrons. The van der Waals surface area contributed by atoms with Gasteiger partial charge >= 0.3 is 0 Å². The summed E-state index contributed by atoms with van der Waals surface area (Å²) < 4.78 is 5.66. The Morgan fingerprint density at radius 2 is 2.04 bits per heavy atom. The molecule has 1 N–H and O–H groups in total. The highest BCUT2D eigenvalue weighted by Gasteiger charge is 2.14. The molecule has 2 aromatic carbocycles. The molecule has 0 atom stereocenters. The normalized spacial score (nSPS) is 10.6. The van der Waals surface area contributed by atoms with E-state index >= 15 is 0 Å². The Labute approximate surface area is 157 Å². The van der Waals surface area contributed by atoms with Crippen LogP contribution < -0.4 is 10.1 Å². The summed E-state index contributed by atoms with van der Waals surface area (Å²) in [5.41, 5.74) is 1.21. The fraction of sp³-hybridized carbons (Fsp3) is 0.316. The summed E-state index contributed by atoms with van der Waals surface area (Å²) in [6.07, 6.45) is 1.67. The standard InChI is InChI=1S/C19H21ClN2O4/c1-13(2)26-16-7-3-5-14(11-16)6-4-10-21-19(23)17-9-8-15(22(24)25)12-18(17)20/h3,5,7-9,11-13H,4,6,10H2,1-2H3,(H,21,23). The number of aryl methyl sites for hydroxylation is 1. The van der Waals surface area contributed by atoms with Crippen molar-refractivity contribution in [3.05, 3.63) is 68.7 Å². The van der Waals surface area contributed by atoms with Gasteiger partial charge in [0.1, 0.15) is 5.75 Å². The third-order valence-corrected chi connectivity index (χ3v) is 3.92. The first-order valence-electron chi connectivity index (χ1n) is 8.34. The molecular weight excluding hydrogens is 356 g/mol. The molecule has 0 radical (unpaired) electrons. The summed E-state index contributed by atoms with van der Waals surface area (Å²) in [4.78, 5) is 22.3. The highest BCUT2D eigenvalue weighted by Crippen LogP contribution is 2.22. The zero-order chi connectivity index (χ0) is 19.1. The lowest BCUT2D eigenvalue weighted by atomic mass is 10.1. The van der Waals surface area contributed by atoms with Gasteiger partial charge in [0.2, 0.25) is 0 Å². The number of rotatable bonds is 8. The van der Waals surface area contributed by atoms with Crippen molar-refractivity contribution in [2.24, 2.45) is 0 Å². The van der Waals surface area contributed by atoms with E-state index in [1.807, 2.05) is 38.1 Å².